The number of aryl methyl sites for hydroxylation is 2. The summed E-state index contributed by atoms with van der Waals surface area (Å²) in [4.78, 5) is 0. The van der Waals surface area contributed by atoms with E-state index in [1.165, 1.54) is 16.7 Å². The van der Waals surface area contributed by atoms with E-state index in [4.69, 9.17) is 10.0 Å². The Kier molecular flexibility index (Phi) is 6.79. The second kappa shape index (κ2) is 8.83. The molecule has 0 aliphatic heterocycles. The Morgan fingerprint density at radius 2 is 1.21 bits per heavy atom. The predicted octanol–water partition coefficient (Wildman–Crippen LogP) is 4.10. The van der Waals surface area contributed by atoms with Crippen LogP contribution in [0.2, 0.25) is 0 Å². The van der Waals surface area contributed by atoms with E-state index >= 15 is 0 Å². The van der Waals surface area contributed by atoms with E-state index in [2.05, 4.69) is 65.3 Å². The van der Waals surface area contributed by atoms with Crippen molar-refractivity contribution in [3.05, 3.63) is 88.4 Å². The molecule has 0 saturated heterocycles. The highest BCUT2D eigenvalue weighted by Crippen LogP contribution is 2.27. The molecule has 3 aromatic rings. The summed E-state index contributed by atoms with van der Waals surface area (Å²) in [5.41, 5.74) is 5.44. The minimum Gasteiger partial charge on any atom is -0.423 e. The lowest BCUT2D eigenvalue weighted by atomic mass is 9.80. The number of hydrogen-bond acceptors (Lipinski definition) is 2. The van der Waals surface area contributed by atoms with Gasteiger partial charge in [0.1, 0.15) is 0 Å². The maximum Gasteiger partial charge on any atom is 0.488 e. The highest BCUT2D eigenvalue weighted by Gasteiger charge is 2.08. The van der Waals surface area contributed by atoms with Crippen LogP contribution in [0.15, 0.2) is 77.3 Å². The minimum absolute atomic E-state index is 0.533. The molecule has 0 aromatic heterocycles. The molecule has 0 radical (unpaired) electrons. The van der Waals surface area contributed by atoms with Crippen molar-refractivity contribution in [1.82, 2.24) is 0 Å². The van der Waals surface area contributed by atoms with Crippen LogP contribution in [0, 0.1) is 13.8 Å². The van der Waals surface area contributed by atoms with Crippen molar-refractivity contribution < 1.29 is 10.0 Å². The first kappa shape index (κ1) is 18.5. The molecular formula is C20H20BBrO2. The molecule has 0 spiro atoms. The standard InChI is InChI=1S/C13H11Br.C7H9BO2/c1-10-6-8-11(9-7-10)12-4-2-3-5-13(12)14;1-6-2-4-7(5-3-6)8(9)10/h2-9H,1H3;2-5,9-10H,1H3. The Morgan fingerprint density at radius 3 is 1.71 bits per heavy atom. The quantitative estimate of drug-likeness (QED) is 0.655. The second-order valence-corrected chi connectivity index (χ2v) is 6.48. The van der Waals surface area contributed by atoms with Gasteiger partial charge in [0.2, 0.25) is 0 Å². The highest BCUT2D eigenvalue weighted by atomic mass is 79.9. The van der Waals surface area contributed by atoms with E-state index in [0.29, 0.717) is 5.46 Å². The first-order valence-electron chi connectivity index (χ1n) is 7.71. The maximum absolute atomic E-state index is 8.67. The van der Waals surface area contributed by atoms with E-state index < -0.39 is 7.12 Å². The molecule has 122 valence electrons. The third-order valence-corrected chi connectivity index (χ3v) is 4.30. The molecule has 0 unspecified atom stereocenters. The van der Waals surface area contributed by atoms with Gasteiger partial charge in [-0.2, -0.15) is 0 Å². The molecule has 2 nitrogen and oxygen atoms in total. The van der Waals surface area contributed by atoms with Crippen LogP contribution in [0.1, 0.15) is 11.1 Å². The van der Waals surface area contributed by atoms with Crippen molar-refractivity contribution in [2.24, 2.45) is 0 Å². The number of benzene rings is 3. The van der Waals surface area contributed by atoms with Crippen molar-refractivity contribution in [2.45, 2.75) is 13.8 Å². The summed E-state index contributed by atoms with van der Waals surface area (Å²) in [6.07, 6.45) is 0. The number of rotatable bonds is 2. The smallest absolute Gasteiger partial charge is 0.423 e. The van der Waals surface area contributed by atoms with Crippen LogP contribution >= 0.6 is 15.9 Å². The first-order chi connectivity index (χ1) is 11.5. The van der Waals surface area contributed by atoms with Crippen LogP contribution in [-0.4, -0.2) is 17.2 Å². The molecule has 3 aromatic carbocycles. The summed E-state index contributed by atoms with van der Waals surface area (Å²) in [6.45, 7) is 4.05. The molecule has 0 atom stereocenters. The third kappa shape index (κ3) is 5.34. The SMILES string of the molecule is Cc1ccc(-c2ccccc2Br)cc1.Cc1ccc(B(O)O)cc1. The summed E-state index contributed by atoms with van der Waals surface area (Å²) < 4.78 is 1.14. The minimum atomic E-state index is -1.35. The molecule has 4 heteroatoms. The number of hydrogen-bond donors (Lipinski definition) is 2. The van der Waals surface area contributed by atoms with Crippen LogP contribution in [0.5, 0.6) is 0 Å². The molecule has 3 rings (SSSR count). The van der Waals surface area contributed by atoms with E-state index in [1.807, 2.05) is 25.1 Å². The average Bonchev–Trinajstić information content (AvgIpc) is 2.57. The molecule has 2 N–H and O–H groups in total. The fourth-order valence-electron chi connectivity index (χ4n) is 2.17. The zero-order valence-corrected chi connectivity index (χ0v) is 15.4. The summed E-state index contributed by atoms with van der Waals surface area (Å²) >= 11 is 3.55. The van der Waals surface area contributed by atoms with Gasteiger partial charge in [-0.15, -0.1) is 0 Å². The van der Waals surface area contributed by atoms with Gasteiger partial charge in [0.05, 0.1) is 0 Å². The van der Waals surface area contributed by atoms with Gasteiger partial charge < -0.3 is 10.0 Å². The summed E-state index contributed by atoms with van der Waals surface area (Å²) in [5.74, 6) is 0. The van der Waals surface area contributed by atoms with E-state index in [9.17, 15) is 0 Å². The lowest BCUT2D eigenvalue weighted by molar-refractivity contribution is 0.426. The fraction of sp³-hybridized carbons (Fsp3) is 0.100. The van der Waals surface area contributed by atoms with Gasteiger partial charge in [-0.1, -0.05) is 93.8 Å². The van der Waals surface area contributed by atoms with Gasteiger partial charge in [0.15, 0.2) is 0 Å². The molecule has 0 aliphatic rings. The summed E-state index contributed by atoms with van der Waals surface area (Å²) in [6, 6.07) is 23.9. The molecule has 24 heavy (non-hydrogen) atoms. The van der Waals surface area contributed by atoms with Crippen molar-refractivity contribution in [3.63, 3.8) is 0 Å². The van der Waals surface area contributed by atoms with Crippen LogP contribution in [0.4, 0.5) is 0 Å². The largest absolute Gasteiger partial charge is 0.488 e. The molecule has 0 heterocycles. The Morgan fingerprint density at radius 1 is 0.708 bits per heavy atom. The van der Waals surface area contributed by atoms with Gasteiger partial charge in [0, 0.05) is 4.47 Å². The van der Waals surface area contributed by atoms with Crippen molar-refractivity contribution in [3.8, 4) is 11.1 Å². The third-order valence-electron chi connectivity index (χ3n) is 3.61. The van der Waals surface area contributed by atoms with E-state index in [1.54, 1.807) is 12.1 Å². The average molecular weight is 383 g/mol. The van der Waals surface area contributed by atoms with Crippen molar-refractivity contribution >= 4 is 28.5 Å². The Bertz CT molecular complexity index is 768. The molecule has 0 bridgehead atoms. The van der Waals surface area contributed by atoms with Gasteiger partial charge in [-0.05, 0) is 36.5 Å². The van der Waals surface area contributed by atoms with E-state index in [-0.39, 0.29) is 0 Å². The highest BCUT2D eigenvalue weighted by molar-refractivity contribution is 9.10. The molecule has 0 amide bonds. The zero-order valence-electron chi connectivity index (χ0n) is 13.8. The predicted molar refractivity (Wildman–Crippen MR) is 105 cm³/mol. The van der Waals surface area contributed by atoms with Crippen molar-refractivity contribution in [1.29, 1.82) is 0 Å². The normalized spacial score (nSPS) is 9.88. The maximum atomic E-state index is 8.67. The zero-order chi connectivity index (χ0) is 17.5. The van der Waals surface area contributed by atoms with Gasteiger partial charge >= 0.3 is 7.12 Å². The first-order valence-corrected chi connectivity index (χ1v) is 8.51. The molecular weight excluding hydrogens is 363 g/mol. The van der Waals surface area contributed by atoms with Crippen molar-refractivity contribution in [2.75, 3.05) is 0 Å². The van der Waals surface area contributed by atoms with E-state index in [0.717, 1.165) is 10.0 Å². The lowest BCUT2D eigenvalue weighted by Gasteiger charge is -2.04. The summed E-state index contributed by atoms with van der Waals surface area (Å²) in [7, 11) is -1.35. The molecule has 0 fully saturated rings. The topological polar surface area (TPSA) is 40.5 Å². The Labute approximate surface area is 152 Å². The lowest BCUT2D eigenvalue weighted by Crippen LogP contribution is -2.29. The Balaban J connectivity index is 0.000000185. The monoisotopic (exact) mass is 382 g/mol. The van der Waals surface area contributed by atoms with Gasteiger partial charge in [0.25, 0.3) is 0 Å². The van der Waals surface area contributed by atoms with Gasteiger partial charge in [-0.25, -0.2) is 0 Å². The van der Waals surface area contributed by atoms with Crippen LogP contribution < -0.4 is 5.46 Å². The fourth-order valence-corrected chi connectivity index (χ4v) is 2.68. The molecule has 0 saturated carbocycles. The number of halogens is 1. The molecule has 0 aliphatic carbocycles. The second-order valence-electron chi connectivity index (χ2n) is 5.63. The van der Waals surface area contributed by atoms with Crippen LogP contribution in [-0.2, 0) is 0 Å². The summed E-state index contributed by atoms with van der Waals surface area (Å²) in [5, 5.41) is 17.3. The van der Waals surface area contributed by atoms with Crippen LogP contribution in [0.25, 0.3) is 11.1 Å². The Hall–Kier alpha value is -1.88. The van der Waals surface area contributed by atoms with Crippen LogP contribution in [0.3, 0.4) is 0 Å². The van der Waals surface area contributed by atoms with Gasteiger partial charge in [-0.3, -0.25) is 0 Å².